The Balaban J connectivity index is 1.66. The highest BCUT2D eigenvalue weighted by Gasteiger charge is 2.18. The summed E-state index contributed by atoms with van der Waals surface area (Å²) < 4.78 is 1.71. The lowest BCUT2D eigenvalue weighted by Gasteiger charge is -2.06. The number of aromatic carboxylic acids is 2. The zero-order chi connectivity index (χ0) is 22.5. The number of anilines is 4. The summed E-state index contributed by atoms with van der Waals surface area (Å²) in [5.41, 5.74) is 1.53. The summed E-state index contributed by atoms with van der Waals surface area (Å²) >= 11 is 0. The molecular weight excluding hydrogens is 412 g/mol. The van der Waals surface area contributed by atoms with E-state index in [1.807, 2.05) is 18.2 Å². The Morgan fingerprint density at radius 1 is 0.656 bits per heavy atom. The summed E-state index contributed by atoms with van der Waals surface area (Å²) in [7, 11) is 0. The van der Waals surface area contributed by atoms with Crippen molar-refractivity contribution in [2.75, 3.05) is 10.6 Å². The van der Waals surface area contributed by atoms with Crippen LogP contribution in [0.25, 0.3) is 5.95 Å². The summed E-state index contributed by atoms with van der Waals surface area (Å²) in [6, 6.07) is 17.9. The van der Waals surface area contributed by atoms with Crippen LogP contribution in [-0.4, -0.2) is 37.1 Å². The van der Waals surface area contributed by atoms with E-state index in [4.69, 9.17) is 10.2 Å². The third-order valence-corrected chi connectivity index (χ3v) is 4.35. The fraction of sp³-hybridized carbons (Fsp3) is 0. The zero-order valence-electron chi connectivity index (χ0n) is 16.5. The first-order valence-electron chi connectivity index (χ1n) is 9.41. The average Bonchev–Trinajstić information content (AvgIpc) is 2.80. The van der Waals surface area contributed by atoms with Crippen LogP contribution in [0.15, 0.2) is 79.1 Å². The number of hydrogen-bond acceptors (Lipinski definition) is 7. The number of hydrogen-bond donors (Lipinski definition) is 4. The van der Waals surface area contributed by atoms with Crippen molar-refractivity contribution >= 4 is 35.2 Å². The maximum atomic E-state index is 11.1. The van der Waals surface area contributed by atoms with Gasteiger partial charge in [-0.05, 0) is 70.6 Å². The summed E-state index contributed by atoms with van der Waals surface area (Å²) in [6.07, 6.45) is 3.57. The van der Waals surface area contributed by atoms with E-state index in [2.05, 4.69) is 25.6 Å². The van der Waals surface area contributed by atoms with E-state index in [0.29, 0.717) is 17.3 Å². The molecule has 158 valence electrons. The van der Waals surface area contributed by atoms with Crippen LogP contribution < -0.4 is 15.2 Å². The second-order valence-corrected chi connectivity index (χ2v) is 6.58. The molecule has 32 heavy (non-hydrogen) atoms. The van der Waals surface area contributed by atoms with Crippen molar-refractivity contribution in [1.82, 2.24) is 15.0 Å². The van der Waals surface area contributed by atoms with Gasteiger partial charge in [0.15, 0.2) is 0 Å². The van der Waals surface area contributed by atoms with Crippen LogP contribution in [0.4, 0.5) is 23.3 Å². The first-order chi connectivity index (χ1) is 15.5. The molecule has 0 aliphatic heterocycles. The molecule has 2 aromatic carbocycles. The molecule has 0 saturated heterocycles. The number of benzene rings is 2. The molecule has 2 heterocycles. The Labute approximate surface area is 181 Å². The summed E-state index contributed by atoms with van der Waals surface area (Å²) in [4.78, 5) is 35.3. The minimum Gasteiger partial charge on any atom is -0.478 e. The SMILES string of the molecule is O=C(O)c1ccc(Nc2nc(Nc3ccc(C(=O)O)cc3)nc(-[n+]3ccccc3)n2)cc1. The predicted molar refractivity (Wildman–Crippen MR) is 115 cm³/mol. The van der Waals surface area contributed by atoms with E-state index < -0.39 is 11.9 Å². The lowest BCUT2D eigenvalue weighted by molar-refractivity contribution is -0.603. The Morgan fingerprint density at radius 2 is 1.09 bits per heavy atom. The third-order valence-electron chi connectivity index (χ3n) is 4.35. The van der Waals surface area contributed by atoms with Crippen molar-refractivity contribution in [3.8, 4) is 5.95 Å². The Kier molecular flexibility index (Phi) is 5.66. The van der Waals surface area contributed by atoms with Gasteiger partial charge in [-0.3, -0.25) is 0 Å². The van der Waals surface area contributed by atoms with Crippen molar-refractivity contribution < 1.29 is 24.4 Å². The Bertz CT molecular complexity index is 1180. The fourth-order valence-electron chi connectivity index (χ4n) is 2.77. The molecule has 4 rings (SSSR count). The molecule has 0 amide bonds. The van der Waals surface area contributed by atoms with Crippen LogP contribution >= 0.6 is 0 Å². The fourth-order valence-corrected chi connectivity index (χ4v) is 2.77. The number of nitrogens with one attached hydrogen (secondary N) is 2. The molecule has 10 heteroatoms. The highest BCUT2D eigenvalue weighted by molar-refractivity contribution is 5.88. The van der Waals surface area contributed by atoms with E-state index in [-0.39, 0.29) is 23.0 Å². The lowest BCUT2D eigenvalue weighted by atomic mass is 10.2. The lowest BCUT2D eigenvalue weighted by Crippen LogP contribution is -2.32. The van der Waals surface area contributed by atoms with Crippen LogP contribution in [0, 0.1) is 0 Å². The molecule has 0 radical (unpaired) electrons. The summed E-state index contributed by atoms with van der Waals surface area (Å²) in [6.45, 7) is 0. The van der Waals surface area contributed by atoms with Crippen molar-refractivity contribution in [3.63, 3.8) is 0 Å². The van der Waals surface area contributed by atoms with Gasteiger partial charge in [0, 0.05) is 11.4 Å². The minimum atomic E-state index is -1.01. The largest absolute Gasteiger partial charge is 0.478 e. The van der Waals surface area contributed by atoms with E-state index >= 15 is 0 Å². The van der Waals surface area contributed by atoms with Gasteiger partial charge in [-0.25, -0.2) is 14.2 Å². The van der Waals surface area contributed by atoms with Gasteiger partial charge >= 0.3 is 29.8 Å². The van der Waals surface area contributed by atoms with Gasteiger partial charge in [-0.2, -0.15) is 0 Å². The molecule has 4 aromatic rings. The predicted octanol–water partition coefficient (Wildman–Crippen LogP) is 3.03. The number of carboxylic acid groups (broad SMARTS) is 2. The third kappa shape index (κ3) is 4.82. The number of rotatable bonds is 7. The zero-order valence-corrected chi connectivity index (χ0v) is 16.5. The molecule has 0 aliphatic rings. The average molecular weight is 429 g/mol. The molecule has 10 nitrogen and oxygen atoms in total. The highest BCUT2D eigenvalue weighted by atomic mass is 16.4. The maximum absolute atomic E-state index is 11.1. The van der Waals surface area contributed by atoms with Gasteiger partial charge in [-0.1, -0.05) is 6.07 Å². The second-order valence-electron chi connectivity index (χ2n) is 6.58. The topological polar surface area (TPSA) is 141 Å². The first kappa shape index (κ1) is 20.4. The molecule has 2 aromatic heterocycles. The van der Waals surface area contributed by atoms with Crippen molar-refractivity contribution in [3.05, 3.63) is 90.3 Å². The monoisotopic (exact) mass is 429 g/mol. The van der Waals surface area contributed by atoms with E-state index in [1.54, 1.807) is 41.2 Å². The van der Waals surface area contributed by atoms with Crippen LogP contribution in [0.5, 0.6) is 0 Å². The number of nitrogens with zero attached hydrogens (tertiary/aromatic N) is 4. The Hall–Kier alpha value is -4.86. The molecule has 0 unspecified atom stereocenters. The number of carboxylic acids is 2. The van der Waals surface area contributed by atoms with Gasteiger partial charge in [0.2, 0.25) is 0 Å². The van der Waals surface area contributed by atoms with Crippen LogP contribution in [-0.2, 0) is 0 Å². The van der Waals surface area contributed by atoms with Gasteiger partial charge in [-0.15, -0.1) is 4.98 Å². The van der Waals surface area contributed by atoms with Crippen molar-refractivity contribution in [1.29, 1.82) is 0 Å². The molecular formula is C22H17N6O4+. The number of pyridine rings is 1. The maximum Gasteiger partial charge on any atom is 0.444 e. The van der Waals surface area contributed by atoms with Crippen molar-refractivity contribution in [2.24, 2.45) is 0 Å². The van der Waals surface area contributed by atoms with E-state index in [1.165, 1.54) is 24.3 Å². The Morgan fingerprint density at radius 3 is 1.50 bits per heavy atom. The summed E-state index contributed by atoms with van der Waals surface area (Å²) in [5, 5.41) is 24.2. The number of aromatic nitrogens is 4. The summed E-state index contributed by atoms with van der Waals surface area (Å²) in [5.74, 6) is -1.21. The van der Waals surface area contributed by atoms with E-state index in [0.717, 1.165) is 0 Å². The molecule has 0 bridgehead atoms. The quantitative estimate of drug-likeness (QED) is 0.326. The van der Waals surface area contributed by atoms with E-state index in [9.17, 15) is 9.59 Å². The second kappa shape index (κ2) is 8.88. The van der Waals surface area contributed by atoms with Crippen LogP contribution in [0.1, 0.15) is 20.7 Å². The number of carbonyl (C=O) groups is 2. The molecule has 0 aliphatic carbocycles. The van der Waals surface area contributed by atoms with Crippen LogP contribution in [0.2, 0.25) is 0 Å². The van der Waals surface area contributed by atoms with Gasteiger partial charge in [0.1, 0.15) is 0 Å². The van der Waals surface area contributed by atoms with Gasteiger partial charge < -0.3 is 20.8 Å². The standard InChI is InChI=1S/C22H16N6O4/c29-18(30)14-4-8-16(9-5-14)23-20-25-21(24-17-10-6-15(7-11-17)19(31)32)27-22(26-20)28-12-2-1-3-13-28/h1-13H,(H3-,23,24,25,26,27,29,30,31,32)/p+1. The molecule has 4 N–H and O–H groups in total. The highest BCUT2D eigenvalue weighted by Crippen LogP contribution is 2.18. The molecule has 0 fully saturated rings. The van der Waals surface area contributed by atoms with Gasteiger partial charge in [0.25, 0.3) is 0 Å². The minimum absolute atomic E-state index is 0.166. The normalized spacial score (nSPS) is 10.4. The van der Waals surface area contributed by atoms with Gasteiger partial charge in [0.05, 0.1) is 23.5 Å². The van der Waals surface area contributed by atoms with Crippen LogP contribution in [0.3, 0.4) is 0 Å². The molecule has 0 saturated carbocycles. The van der Waals surface area contributed by atoms with Crippen molar-refractivity contribution in [2.45, 2.75) is 0 Å². The first-order valence-corrected chi connectivity index (χ1v) is 9.41. The molecule has 0 atom stereocenters. The molecule has 0 spiro atoms. The smallest absolute Gasteiger partial charge is 0.444 e.